The average molecular weight is 347 g/mol. The molecule has 0 aromatic heterocycles. The van der Waals surface area contributed by atoms with Gasteiger partial charge in [0, 0.05) is 26.7 Å². The maximum atomic E-state index is 12.8. The van der Waals surface area contributed by atoms with Gasteiger partial charge in [-0.1, -0.05) is 12.1 Å². The summed E-state index contributed by atoms with van der Waals surface area (Å²) in [5.41, 5.74) is 6.34. The Balaban J connectivity index is 1.68. The van der Waals surface area contributed by atoms with Crippen molar-refractivity contribution in [2.75, 3.05) is 46.5 Å². The zero-order valence-corrected chi connectivity index (χ0v) is 14.5. The van der Waals surface area contributed by atoms with Crippen LogP contribution in [-0.2, 0) is 20.7 Å². The smallest absolute Gasteiger partial charge is 0.229 e. The van der Waals surface area contributed by atoms with Crippen LogP contribution in [0.5, 0.6) is 5.75 Å². The van der Waals surface area contributed by atoms with Crippen LogP contribution in [-0.4, -0.2) is 74.2 Å². The SMILES string of the molecule is CN1C(=O)[C@H]2COC[C@@H]1CN(C(=O)Cc1cccc(OCCN)c1)C2. The Labute approximate surface area is 147 Å². The molecule has 2 heterocycles. The summed E-state index contributed by atoms with van der Waals surface area (Å²) in [6, 6.07) is 7.42. The van der Waals surface area contributed by atoms with Crippen molar-refractivity contribution in [3.05, 3.63) is 29.8 Å². The number of carbonyl (C=O) groups excluding carboxylic acids is 2. The van der Waals surface area contributed by atoms with Gasteiger partial charge in [-0.05, 0) is 17.7 Å². The zero-order valence-electron chi connectivity index (χ0n) is 14.5. The van der Waals surface area contributed by atoms with E-state index in [1.165, 1.54) is 0 Å². The molecule has 0 unspecified atom stereocenters. The Hall–Kier alpha value is -2.12. The second kappa shape index (κ2) is 7.84. The number of likely N-dealkylation sites (N-methyl/N-ethyl adjacent to an activating group) is 1. The quantitative estimate of drug-likeness (QED) is 0.803. The highest BCUT2D eigenvalue weighted by atomic mass is 16.5. The molecule has 25 heavy (non-hydrogen) atoms. The van der Waals surface area contributed by atoms with Crippen LogP contribution in [0.15, 0.2) is 24.3 Å². The minimum atomic E-state index is -0.277. The van der Waals surface area contributed by atoms with E-state index in [2.05, 4.69) is 0 Å². The fraction of sp³-hybridized carbons (Fsp3) is 0.556. The van der Waals surface area contributed by atoms with E-state index in [4.69, 9.17) is 15.2 Å². The van der Waals surface area contributed by atoms with Gasteiger partial charge in [-0.3, -0.25) is 9.59 Å². The Morgan fingerprint density at radius 3 is 3.00 bits per heavy atom. The van der Waals surface area contributed by atoms with Gasteiger partial charge in [0.25, 0.3) is 0 Å². The number of fused-ring (bicyclic) bond motifs is 3. The summed E-state index contributed by atoms with van der Waals surface area (Å²) in [5, 5.41) is 0. The predicted molar refractivity (Wildman–Crippen MR) is 92.1 cm³/mol. The first kappa shape index (κ1) is 17.7. The largest absolute Gasteiger partial charge is 0.492 e. The van der Waals surface area contributed by atoms with Gasteiger partial charge < -0.3 is 25.0 Å². The molecule has 7 nitrogen and oxygen atoms in total. The molecule has 1 aromatic carbocycles. The molecule has 0 radical (unpaired) electrons. The van der Waals surface area contributed by atoms with E-state index in [1.54, 1.807) is 16.8 Å². The maximum Gasteiger partial charge on any atom is 0.229 e. The van der Waals surface area contributed by atoms with Gasteiger partial charge >= 0.3 is 0 Å². The van der Waals surface area contributed by atoms with Crippen LogP contribution in [0, 0.1) is 5.92 Å². The van der Waals surface area contributed by atoms with Crippen molar-refractivity contribution in [1.29, 1.82) is 0 Å². The summed E-state index contributed by atoms with van der Waals surface area (Å²) in [6.45, 7) is 2.68. The topological polar surface area (TPSA) is 85.1 Å². The van der Waals surface area contributed by atoms with Crippen LogP contribution < -0.4 is 10.5 Å². The molecule has 2 atom stereocenters. The van der Waals surface area contributed by atoms with E-state index < -0.39 is 0 Å². The van der Waals surface area contributed by atoms with E-state index in [0.29, 0.717) is 45.2 Å². The van der Waals surface area contributed by atoms with Crippen molar-refractivity contribution in [2.24, 2.45) is 11.7 Å². The zero-order chi connectivity index (χ0) is 17.8. The monoisotopic (exact) mass is 347 g/mol. The van der Waals surface area contributed by atoms with Gasteiger partial charge in [-0.2, -0.15) is 0 Å². The molecule has 3 rings (SSSR count). The van der Waals surface area contributed by atoms with Crippen LogP contribution in [0.1, 0.15) is 5.56 Å². The first-order chi connectivity index (χ1) is 12.1. The van der Waals surface area contributed by atoms with E-state index in [9.17, 15) is 9.59 Å². The highest BCUT2D eigenvalue weighted by Crippen LogP contribution is 2.21. The normalized spacial score (nSPS) is 23.4. The molecular formula is C18H25N3O4. The predicted octanol–water partition coefficient (Wildman–Crippen LogP) is -0.118. The third-order valence-electron chi connectivity index (χ3n) is 4.74. The summed E-state index contributed by atoms with van der Waals surface area (Å²) in [5.74, 6) is 0.526. The summed E-state index contributed by atoms with van der Waals surface area (Å²) in [4.78, 5) is 28.7. The Kier molecular flexibility index (Phi) is 5.55. The highest BCUT2D eigenvalue weighted by molar-refractivity contribution is 5.83. The lowest BCUT2D eigenvalue weighted by Crippen LogP contribution is -2.45. The molecular weight excluding hydrogens is 322 g/mol. The van der Waals surface area contributed by atoms with Crippen molar-refractivity contribution in [2.45, 2.75) is 12.5 Å². The minimum absolute atomic E-state index is 0.0241. The lowest BCUT2D eigenvalue weighted by Gasteiger charge is -2.29. The van der Waals surface area contributed by atoms with Crippen molar-refractivity contribution < 1.29 is 19.1 Å². The molecule has 2 amide bonds. The van der Waals surface area contributed by atoms with E-state index in [0.717, 1.165) is 5.56 Å². The van der Waals surface area contributed by atoms with Gasteiger partial charge in [0.05, 0.1) is 31.6 Å². The first-order valence-electron chi connectivity index (χ1n) is 8.62. The van der Waals surface area contributed by atoms with Crippen molar-refractivity contribution >= 4 is 11.8 Å². The number of carbonyl (C=O) groups is 2. The Morgan fingerprint density at radius 1 is 1.36 bits per heavy atom. The minimum Gasteiger partial charge on any atom is -0.492 e. The van der Waals surface area contributed by atoms with E-state index in [1.807, 2.05) is 24.3 Å². The number of rotatable bonds is 5. The molecule has 0 spiro atoms. The van der Waals surface area contributed by atoms with Crippen LogP contribution >= 0.6 is 0 Å². The van der Waals surface area contributed by atoms with Gasteiger partial charge in [-0.25, -0.2) is 0 Å². The van der Waals surface area contributed by atoms with Crippen LogP contribution in [0.25, 0.3) is 0 Å². The fourth-order valence-electron chi connectivity index (χ4n) is 3.31. The number of nitrogens with two attached hydrogens (primary N) is 1. The van der Waals surface area contributed by atoms with E-state index >= 15 is 0 Å². The summed E-state index contributed by atoms with van der Waals surface area (Å²) >= 11 is 0. The number of hydrogen-bond acceptors (Lipinski definition) is 5. The van der Waals surface area contributed by atoms with Crippen LogP contribution in [0.3, 0.4) is 0 Å². The molecule has 2 bridgehead atoms. The first-order valence-corrected chi connectivity index (χ1v) is 8.62. The molecule has 2 fully saturated rings. The number of hydrogen-bond donors (Lipinski definition) is 1. The number of benzene rings is 1. The standard InChI is InChI=1S/C18H25N3O4/c1-20-15-10-21(9-14(18(20)23)11-24-12-15)17(22)8-13-3-2-4-16(7-13)25-6-5-19/h2-4,7,14-15H,5-6,8-12,19H2,1H3/t14-,15+/m1/s1. The highest BCUT2D eigenvalue weighted by Gasteiger charge is 2.38. The van der Waals surface area contributed by atoms with Gasteiger partial charge in [0.2, 0.25) is 11.8 Å². The molecule has 0 saturated carbocycles. The number of nitrogens with zero attached hydrogens (tertiary/aromatic N) is 2. The summed E-state index contributed by atoms with van der Waals surface area (Å²) < 4.78 is 11.1. The van der Waals surface area contributed by atoms with Crippen LogP contribution in [0.4, 0.5) is 0 Å². The Bertz CT molecular complexity index is 637. The number of ether oxygens (including phenoxy) is 2. The summed E-state index contributed by atoms with van der Waals surface area (Å²) in [6.07, 6.45) is 0.290. The molecule has 2 aliphatic rings. The van der Waals surface area contributed by atoms with Crippen LogP contribution in [0.2, 0.25) is 0 Å². The second-order valence-corrected chi connectivity index (χ2v) is 6.60. The van der Waals surface area contributed by atoms with Gasteiger partial charge in [-0.15, -0.1) is 0 Å². The third kappa shape index (κ3) is 4.11. The lowest BCUT2D eigenvalue weighted by atomic mass is 10.1. The fourth-order valence-corrected chi connectivity index (χ4v) is 3.31. The summed E-state index contributed by atoms with van der Waals surface area (Å²) in [7, 11) is 1.79. The molecule has 2 N–H and O–H groups in total. The van der Waals surface area contributed by atoms with Crippen molar-refractivity contribution in [1.82, 2.24) is 9.80 Å². The molecule has 2 aliphatic heterocycles. The molecule has 1 aromatic rings. The number of amides is 2. The van der Waals surface area contributed by atoms with E-state index in [-0.39, 0.29) is 30.2 Å². The van der Waals surface area contributed by atoms with Crippen molar-refractivity contribution in [3.63, 3.8) is 0 Å². The lowest BCUT2D eigenvalue weighted by molar-refractivity contribution is -0.134. The van der Waals surface area contributed by atoms with Crippen molar-refractivity contribution in [3.8, 4) is 5.75 Å². The van der Waals surface area contributed by atoms with Gasteiger partial charge in [0.1, 0.15) is 12.4 Å². The molecule has 7 heteroatoms. The third-order valence-corrected chi connectivity index (χ3v) is 4.74. The van der Waals surface area contributed by atoms with Gasteiger partial charge in [0.15, 0.2) is 0 Å². The molecule has 136 valence electrons. The molecule has 0 aliphatic carbocycles. The average Bonchev–Trinajstić information content (AvgIpc) is 2.78. The molecule has 2 saturated heterocycles. The second-order valence-electron chi connectivity index (χ2n) is 6.60. The Morgan fingerprint density at radius 2 is 2.20 bits per heavy atom. The maximum absolute atomic E-state index is 12.8.